The molecule has 0 unspecified atom stereocenters. The summed E-state index contributed by atoms with van der Waals surface area (Å²) >= 11 is 5.68. The van der Waals surface area contributed by atoms with Crippen LogP contribution in [-0.4, -0.2) is 24.1 Å². The van der Waals surface area contributed by atoms with E-state index in [1.807, 2.05) is 66.7 Å². The van der Waals surface area contributed by atoms with Gasteiger partial charge in [-0.25, -0.2) is 4.79 Å². The van der Waals surface area contributed by atoms with E-state index >= 15 is 0 Å². The molecule has 6 nitrogen and oxygen atoms in total. The Bertz CT molecular complexity index is 970. The Labute approximate surface area is 193 Å². The Kier molecular flexibility index (Phi) is 9.22. The molecule has 0 spiro atoms. The number of ether oxygens (including phenoxy) is 2. The Balaban J connectivity index is 1.64. The monoisotopic (exact) mass is 454 g/mol. The minimum atomic E-state index is -0.403. The van der Waals surface area contributed by atoms with Crippen LogP contribution in [0.25, 0.3) is 0 Å². The lowest BCUT2D eigenvalue weighted by atomic mass is 10.2. The minimum Gasteiger partial charge on any atom is -0.485 e. The Morgan fingerprint density at radius 3 is 2.12 bits per heavy atom. The number of nitrogens with zero attached hydrogens (tertiary/aromatic N) is 1. The lowest BCUT2D eigenvalue weighted by Crippen LogP contribution is -2.33. The molecule has 0 aliphatic heterocycles. The number of rotatable bonds is 11. The van der Waals surface area contributed by atoms with Crippen LogP contribution in [0.4, 0.5) is 4.79 Å². The van der Waals surface area contributed by atoms with Crippen molar-refractivity contribution < 1.29 is 18.6 Å². The average Bonchev–Trinajstić information content (AvgIpc) is 2.85. The molecule has 1 amide bonds. The van der Waals surface area contributed by atoms with Gasteiger partial charge >= 0.3 is 6.09 Å². The summed E-state index contributed by atoms with van der Waals surface area (Å²) in [6, 6.07) is 24.8. The zero-order valence-corrected chi connectivity index (χ0v) is 18.5. The molecule has 7 heteroatoms. The minimum absolute atomic E-state index is 0.209. The van der Waals surface area contributed by atoms with Gasteiger partial charge in [0.25, 0.3) is 0 Å². The van der Waals surface area contributed by atoms with Crippen molar-refractivity contribution in [3.05, 3.63) is 95.6 Å². The first-order chi connectivity index (χ1) is 15.7. The maximum Gasteiger partial charge on any atom is 0.410 e. The normalized spacial score (nSPS) is 10.4. The van der Waals surface area contributed by atoms with E-state index in [1.54, 1.807) is 17.0 Å². The Hall–Kier alpha value is -3.22. The van der Waals surface area contributed by atoms with E-state index in [-0.39, 0.29) is 6.61 Å². The van der Waals surface area contributed by atoms with Crippen molar-refractivity contribution in [2.24, 2.45) is 5.73 Å². The van der Waals surface area contributed by atoms with Crippen LogP contribution in [-0.2, 0) is 24.5 Å². The predicted octanol–water partition coefficient (Wildman–Crippen LogP) is 5.29. The lowest BCUT2D eigenvalue weighted by molar-refractivity contribution is 0.0934. The molecule has 0 aliphatic rings. The van der Waals surface area contributed by atoms with E-state index in [0.717, 1.165) is 16.7 Å². The van der Waals surface area contributed by atoms with Crippen molar-refractivity contribution in [1.29, 1.82) is 0 Å². The van der Waals surface area contributed by atoms with Gasteiger partial charge in [0.05, 0.1) is 0 Å². The van der Waals surface area contributed by atoms with Crippen LogP contribution >= 0.6 is 11.9 Å². The third kappa shape index (κ3) is 7.18. The SMILES string of the molecule is NCCCN(Cc1ccc(OCc2ccccc2)c(OCl)c1)C(=O)OCc1ccccc1. The van der Waals surface area contributed by atoms with Crippen LogP contribution in [0, 0.1) is 0 Å². The van der Waals surface area contributed by atoms with Crippen LogP contribution < -0.4 is 14.8 Å². The van der Waals surface area contributed by atoms with Crippen LogP contribution in [0.15, 0.2) is 78.9 Å². The van der Waals surface area contributed by atoms with Gasteiger partial charge in [-0.1, -0.05) is 66.7 Å². The van der Waals surface area contributed by atoms with E-state index in [0.29, 0.717) is 44.2 Å². The molecule has 0 aliphatic carbocycles. The van der Waals surface area contributed by atoms with E-state index in [9.17, 15) is 4.79 Å². The smallest absolute Gasteiger partial charge is 0.410 e. The summed E-state index contributed by atoms with van der Waals surface area (Å²) in [5, 5.41) is 0. The van der Waals surface area contributed by atoms with Crippen molar-refractivity contribution >= 4 is 18.0 Å². The van der Waals surface area contributed by atoms with Gasteiger partial charge < -0.3 is 24.4 Å². The summed E-state index contributed by atoms with van der Waals surface area (Å²) in [5.41, 5.74) is 8.45. The standard InChI is InChI=1S/C25H27ClN2O4/c26-32-24-16-22(12-13-23(24)30-18-20-8-3-1-4-9-20)17-28(15-7-14-27)25(29)31-19-21-10-5-2-6-11-21/h1-6,8-13,16H,7,14-15,17-19,27H2. The number of nitrogens with two attached hydrogens (primary N) is 1. The van der Waals surface area contributed by atoms with Crippen LogP contribution in [0.3, 0.4) is 0 Å². The zero-order valence-electron chi connectivity index (χ0n) is 17.8. The molecule has 0 atom stereocenters. The van der Waals surface area contributed by atoms with Crippen LogP contribution in [0.5, 0.6) is 11.5 Å². The summed E-state index contributed by atoms with van der Waals surface area (Å²) in [7, 11) is 0. The van der Waals surface area contributed by atoms with Crippen molar-refractivity contribution in [3.8, 4) is 11.5 Å². The van der Waals surface area contributed by atoms with Gasteiger partial charge in [0.2, 0.25) is 0 Å². The van der Waals surface area contributed by atoms with Gasteiger partial charge in [0, 0.05) is 13.1 Å². The van der Waals surface area contributed by atoms with Gasteiger partial charge in [0.1, 0.15) is 25.1 Å². The molecule has 0 aromatic heterocycles. The average molecular weight is 455 g/mol. The summed E-state index contributed by atoms with van der Waals surface area (Å²) in [6.07, 6.45) is 0.262. The second kappa shape index (κ2) is 12.6. The molecule has 0 radical (unpaired) electrons. The molecule has 3 aromatic carbocycles. The van der Waals surface area contributed by atoms with Crippen molar-refractivity contribution in [1.82, 2.24) is 4.90 Å². The molecule has 32 heavy (non-hydrogen) atoms. The Morgan fingerprint density at radius 2 is 1.50 bits per heavy atom. The van der Waals surface area contributed by atoms with E-state index < -0.39 is 6.09 Å². The fourth-order valence-corrected chi connectivity index (χ4v) is 3.23. The highest BCUT2D eigenvalue weighted by molar-refractivity contribution is 6.09. The van der Waals surface area contributed by atoms with Crippen molar-refractivity contribution in [2.75, 3.05) is 13.1 Å². The van der Waals surface area contributed by atoms with E-state index in [1.165, 1.54) is 0 Å². The van der Waals surface area contributed by atoms with Crippen molar-refractivity contribution in [2.45, 2.75) is 26.2 Å². The largest absolute Gasteiger partial charge is 0.485 e. The second-order valence-corrected chi connectivity index (χ2v) is 7.39. The molecule has 0 saturated heterocycles. The highest BCUT2D eigenvalue weighted by Crippen LogP contribution is 2.30. The maximum absolute atomic E-state index is 12.7. The number of amides is 1. The first-order valence-electron chi connectivity index (χ1n) is 10.4. The molecule has 2 N–H and O–H groups in total. The molecular formula is C25H27ClN2O4. The topological polar surface area (TPSA) is 74.0 Å². The predicted molar refractivity (Wildman–Crippen MR) is 124 cm³/mol. The summed E-state index contributed by atoms with van der Waals surface area (Å²) in [6.45, 7) is 1.89. The quantitative estimate of drug-likeness (QED) is 0.426. The van der Waals surface area contributed by atoms with Gasteiger partial charge in [-0.15, -0.1) is 0 Å². The van der Waals surface area contributed by atoms with E-state index in [4.69, 9.17) is 31.4 Å². The number of carbonyl (C=O) groups excluding carboxylic acids is 1. The first-order valence-corrected chi connectivity index (χ1v) is 10.7. The highest BCUT2D eigenvalue weighted by atomic mass is 35.5. The number of hydrogen-bond donors (Lipinski definition) is 1. The molecule has 0 bridgehead atoms. The van der Waals surface area contributed by atoms with Gasteiger partial charge in [-0.05, 0) is 41.8 Å². The molecule has 168 valence electrons. The van der Waals surface area contributed by atoms with Gasteiger partial charge in [-0.3, -0.25) is 0 Å². The summed E-state index contributed by atoms with van der Waals surface area (Å²) < 4.78 is 16.3. The molecule has 0 heterocycles. The number of halogens is 1. The van der Waals surface area contributed by atoms with Gasteiger partial charge in [-0.2, -0.15) is 0 Å². The third-order valence-electron chi connectivity index (χ3n) is 4.80. The molecule has 0 fully saturated rings. The number of benzene rings is 3. The summed E-state index contributed by atoms with van der Waals surface area (Å²) in [5.74, 6) is 0.907. The lowest BCUT2D eigenvalue weighted by Gasteiger charge is -2.22. The Morgan fingerprint density at radius 1 is 0.844 bits per heavy atom. The fourth-order valence-electron chi connectivity index (χ4n) is 3.11. The third-order valence-corrected chi connectivity index (χ3v) is 4.96. The molecule has 3 rings (SSSR count). The van der Waals surface area contributed by atoms with Crippen LogP contribution in [0.2, 0.25) is 0 Å². The number of carbonyl (C=O) groups is 1. The fraction of sp³-hybridized carbons (Fsp3) is 0.240. The molecule has 3 aromatic rings. The first kappa shape index (κ1) is 23.4. The molecule has 0 saturated carbocycles. The zero-order chi connectivity index (χ0) is 22.6. The summed E-state index contributed by atoms with van der Waals surface area (Å²) in [4.78, 5) is 14.3. The second-order valence-electron chi connectivity index (χ2n) is 7.24. The highest BCUT2D eigenvalue weighted by Gasteiger charge is 2.17. The van der Waals surface area contributed by atoms with Crippen LogP contribution in [0.1, 0.15) is 23.1 Å². The number of hydrogen-bond acceptors (Lipinski definition) is 5. The molecular weight excluding hydrogens is 428 g/mol. The van der Waals surface area contributed by atoms with Crippen molar-refractivity contribution in [3.63, 3.8) is 0 Å². The van der Waals surface area contributed by atoms with E-state index in [2.05, 4.69) is 0 Å². The maximum atomic E-state index is 12.7. The van der Waals surface area contributed by atoms with Gasteiger partial charge in [0.15, 0.2) is 11.5 Å².